The molecule has 1 atom stereocenters. The maximum atomic E-state index is 14.0. The zero-order chi connectivity index (χ0) is 18.8. The van der Waals surface area contributed by atoms with Gasteiger partial charge in [-0.25, -0.2) is 13.8 Å². The summed E-state index contributed by atoms with van der Waals surface area (Å²) in [6.07, 6.45) is 1.85. The van der Waals surface area contributed by atoms with Crippen LogP contribution in [-0.2, 0) is 17.0 Å². The second kappa shape index (κ2) is 7.78. The van der Waals surface area contributed by atoms with Gasteiger partial charge >= 0.3 is 0 Å². The van der Waals surface area contributed by atoms with Crippen molar-refractivity contribution >= 4 is 22.7 Å². The van der Waals surface area contributed by atoms with Crippen LogP contribution < -0.4 is 5.56 Å². The Morgan fingerprint density at radius 3 is 2.85 bits per heavy atom. The number of halogens is 2. The fraction of sp³-hybridized carbons (Fsp3) is 0.300. The Morgan fingerprint density at radius 1 is 1.22 bits per heavy atom. The smallest absolute Gasteiger partial charge is 0.262 e. The van der Waals surface area contributed by atoms with Crippen molar-refractivity contribution < 1.29 is 13.5 Å². The number of fused-ring (bicyclic) bond motifs is 1. The molecule has 1 fully saturated rings. The molecule has 27 heavy (non-hydrogen) atoms. The van der Waals surface area contributed by atoms with E-state index in [1.54, 1.807) is 16.7 Å². The molecule has 0 amide bonds. The van der Waals surface area contributed by atoms with Crippen LogP contribution in [-0.4, -0.2) is 22.3 Å². The molecule has 0 bridgehead atoms. The van der Waals surface area contributed by atoms with Crippen LogP contribution in [0.2, 0.25) is 0 Å². The summed E-state index contributed by atoms with van der Waals surface area (Å²) in [6, 6.07) is 10.7. The minimum Gasteiger partial charge on any atom is -0.376 e. The van der Waals surface area contributed by atoms with Crippen LogP contribution in [0.3, 0.4) is 0 Å². The highest BCUT2D eigenvalue weighted by Gasteiger charge is 2.20. The van der Waals surface area contributed by atoms with E-state index in [1.165, 1.54) is 23.9 Å². The number of rotatable bonds is 5. The monoisotopic (exact) mass is 388 g/mol. The first-order valence-electron chi connectivity index (χ1n) is 8.80. The molecule has 4 rings (SSSR count). The summed E-state index contributed by atoms with van der Waals surface area (Å²) in [5.41, 5.74) is 0.846. The molecule has 4 nitrogen and oxygen atoms in total. The molecule has 2 heterocycles. The molecule has 1 aliphatic heterocycles. The Morgan fingerprint density at radius 2 is 2.07 bits per heavy atom. The lowest BCUT2D eigenvalue weighted by atomic mass is 10.2. The van der Waals surface area contributed by atoms with Gasteiger partial charge in [0.1, 0.15) is 11.6 Å². The Bertz CT molecular complexity index is 1030. The maximum absolute atomic E-state index is 14.0. The summed E-state index contributed by atoms with van der Waals surface area (Å²) in [5, 5.41) is 1.06. The third-order valence-electron chi connectivity index (χ3n) is 4.61. The zero-order valence-corrected chi connectivity index (χ0v) is 15.3. The minimum atomic E-state index is -0.611. The van der Waals surface area contributed by atoms with Gasteiger partial charge < -0.3 is 4.74 Å². The number of hydrogen-bond donors (Lipinski definition) is 0. The van der Waals surface area contributed by atoms with Crippen LogP contribution in [0.5, 0.6) is 0 Å². The number of nitrogens with zero attached hydrogens (tertiary/aromatic N) is 2. The van der Waals surface area contributed by atoms with E-state index in [-0.39, 0.29) is 17.4 Å². The molecule has 0 aliphatic carbocycles. The van der Waals surface area contributed by atoms with Gasteiger partial charge in [-0.1, -0.05) is 30.0 Å². The highest BCUT2D eigenvalue weighted by molar-refractivity contribution is 7.98. The third kappa shape index (κ3) is 3.89. The first kappa shape index (κ1) is 18.1. The predicted molar refractivity (Wildman–Crippen MR) is 101 cm³/mol. The van der Waals surface area contributed by atoms with Crippen LogP contribution in [0.25, 0.3) is 10.9 Å². The van der Waals surface area contributed by atoms with Gasteiger partial charge in [-0.05, 0) is 36.6 Å². The van der Waals surface area contributed by atoms with E-state index in [1.807, 2.05) is 12.1 Å². The van der Waals surface area contributed by atoms with E-state index in [2.05, 4.69) is 4.98 Å². The second-order valence-corrected chi connectivity index (χ2v) is 7.43. The van der Waals surface area contributed by atoms with Gasteiger partial charge in [-0.2, -0.15) is 0 Å². The van der Waals surface area contributed by atoms with Crippen molar-refractivity contribution in [2.45, 2.75) is 36.4 Å². The van der Waals surface area contributed by atoms with Crippen molar-refractivity contribution in [2.75, 3.05) is 6.61 Å². The number of ether oxygens (including phenoxy) is 1. The van der Waals surface area contributed by atoms with Gasteiger partial charge in [-0.3, -0.25) is 9.36 Å². The quantitative estimate of drug-likeness (QED) is 0.487. The average molecular weight is 388 g/mol. The topological polar surface area (TPSA) is 44.1 Å². The minimum absolute atomic E-state index is 0.0208. The fourth-order valence-electron chi connectivity index (χ4n) is 3.19. The van der Waals surface area contributed by atoms with Gasteiger partial charge in [0.15, 0.2) is 5.16 Å². The van der Waals surface area contributed by atoms with E-state index in [9.17, 15) is 13.6 Å². The van der Waals surface area contributed by atoms with Crippen LogP contribution in [0.4, 0.5) is 8.78 Å². The largest absolute Gasteiger partial charge is 0.376 e. The molecule has 0 saturated carbocycles. The van der Waals surface area contributed by atoms with Crippen LogP contribution in [0.1, 0.15) is 18.4 Å². The average Bonchev–Trinajstić information content (AvgIpc) is 3.17. The standard InChI is InChI=1S/C20H18F2N2O2S/c21-14-8-7-13(17(22)10-14)12-27-20-23-18-6-2-1-5-16(18)19(25)24(20)11-15-4-3-9-26-15/h1-2,5-8,10,15H,3-4,9,11-12H2. The molecule has 1 unspecified atom stereocenters. The molecule has 0 spiro atoms. The van der Waals surface area contributed by atoms with Crippen molar-refractivity contribution in [1.82, 2.24) is 9.55 Å². The Kier molecular flexibility index (Phi) is 5.22. The molecule has 0 radical (unpaired) electrons. The maximum Gasteiger partial charge on any atom is 0.262 e. The van der Waals surface area contributed by atoms with E-state index in [4.69, 9.17) is 4.74 Å². The lowest BCUT2D eigenvalue weighted by molar-refractivity contribution is 0.0937. The number of benzene rings is 2. The molecule has 1 saturated heterocycles. The first-order chi connectivity index (χ1) is 13.1. The zero-order valence-electron chi connectivity index (χ0n) is 14.5. The highest BCUT2D eigenvalue weighted by atomic mass is 32.2. The lowest BCUT2D eigenvalue weighted by Gasteiger charge is -2.16. The van der Waals surface area contributed by atoms with E-state index >= 15 is 0 Å². The van der Waals surface area contributed by atoms with Crippen molar-refractivity contribution in [3.63, 3.8) is 0 Å². The third-order valence-corrected chi connectivity index (χ3v) is 5.63. The lowest BCUT2D eigenvalue weighted by Crippen LogP contribution is -2.28. The summed E-state index contributed by atoms with van der Waals surface area (Å²) < 4.78 is 34.4. The van der Waals surface area contributed by atoms with Crippen molar-refractivity contribution in [3.05, 3.63) is 70.0 Å². The van der Waals surface area contributed by atoms with Gasteiger partial charge in [-0.15, -0.1) is 0 Å². The van der Waals surface area contributed by atoms with Gasteiger partial charge in [0, 0.05) is 18.4 Å². The Balaban J connectivity index is 1.69. The number of para-hydroxylation sites is 1. The van der Waals surface area contributed by atoms with E-state index in [0.29, 0.717) is 34.8 Å². The molecular weight excluding hydrogens is 370 g/mol. The molecule has 3 aromatic rings. The van der Waals surface area contributed by atoms with E-state index < -0.39 is 11.6 Å². The van der Waals surface area contributed by atoms with Crippen molar-refractivity contribution in [2.24, 2.45) is 0 Å². The van der Waals surface area contributed by atoms with Crippen molar-refractivity contribution in [3.8, 4) is 0 Å². The SMILES string of the molecule is O=c1c2ccccc2nc(SCc2ccc(F)cc2F)n1CC1CCCO1. The predicted octanol–water partition coefficient (Wildman–Crippen LogP) is 4.15. The molecule has 7 heteroatoms. The van der Waals surface area contributed by atoms with Crippen molar-refractivity contribution in [1.29, 1.82) is 0 Å². The Labute approximate surface area is 159 Å². The van der Waals surface area contributed by atoms with Crippen LogP contribution in [0, 0.1) is 11.6 Å². The number of hydrogen-bond acceptors (Lipinski definition) is 4. The number of thioether (sulfide) groups is 1. The van der Waals surface area contributed by atoms with Gasteiger partial charge in [0.2, 0.25) is 0 Å². The normalized spacial score (nSPS) is 16.9. The van der Waals surface area contributed by atoms with Crippen LogP contribution in [0.15, 0.2) is 52.4 Å². The molecule has 140 valence electrons. The molecule has 0 N–H and O–H groups in total. The number of aromatic nitrogens is 2. The molecule has 1 aliphatic rings. The van der Waals surface area contributed by atoms with Crippen LogP contribution >= 0.6 is 11.8 Å². The van der Waals surface area contributed by atoms with E-state index in [0.717, 1.165) is 18.9 Å². The summed E-state index contributed by atoms with van der Waals surface area (Å²) in [6.45, 7) is 1.12. The van der Waals surface area contributed by atoms with Gasteiger partial charge in [0.25, 0.3) is 5.56 Å². The van der Waals surface area contributed by atoms with Gasteiger partial charge in [0.05, 0.1) is 23.6 Å². The molecule has 2 aromatic carbocycles. The molecule has 1 aromatic heterocycles. The summed E-state index contributed by atoms with van der Waals surface area (Å²) in [5.74, 6) is -0.959. The highest BCUT2D eigenvalue weighted by Crippen LogP contribution is 2.25. The summed E-state index contributed by atoms with van der Waals surface area (Å²) in [4.78, 5) is 17.6. The summed E-state index contributed by atoms with van der Waals surface area (Å²) in [7, 11) is 0. The first-order valence-corrected chi connectivity index (χ1v) is 9.78. The summed E-state index contributed by atoms with van der Waals surface area (Å²) >= 11 is 1.27. The molecular formula is C20H18F2N2O2S. The fourth-order valence-corrected chi connectivity index (χ4v) is 4.19. The Hall–Kier alpha value is -2.25. The second-order valence-electron chi connectivity index (χ2n) is 6.49.